The summed E-state index contributed by atoms with van der Waals surface area (Å²) in [7, 11) is 0. The summed E-state index contributed by atoms with van der Waals surface area (Å²) >= 11 is 0. The molecule has 3 N–H and O–H groups in total. The summed E-state index contributed by atoms with van der Waals surface area (Å²) in [5.41, 5.74) is 1.55. The Bertz CT molecular complexity index is 1150. The Morgan fingerprint density at radius 2 is 1.81 bits per heavy atom. The molecular weight excluding hydrogens is 410 g/mol. The third kappa shape index (κ3) is 2.79. The highest BCUT2D eigenvalue weighted by atomic mass is 16.4. The van der Waals surface area contributed by atoms with Gasteiger partial charge in [-0.15, -0.1) is 0 Å². The number of carbonyl (C=O) groups is 4. The lowest BCUT2D eigenvalue weighted by atomic mass is 9.76. The van der Waals surface area contributed by atoms with Gasteiger partial charge >= 0.3 is 5.97 Å². The van der Waals surface area contributed by atoms with Gasteiger partial charge in [-0.1, -0.05) is 48.5 Å². The maximum atomic E-state index is 13.7. The molecule has 2 aromatic rings. The third-order valence-corrected chi connectivity index (χ3v) is 6.90. The van der Waals surface area contributed by atoms with E-state index >= 15 is 0 Å². The molecule has 3 aliphatic heterocycles. The second-order valence-corrected chi connectivity index (χ2v) is 8.69. The van der Waals surface area contributed by atoms with Crippen LogP contribution in [0.3, 0.4) is 0 Å². The molecule has 0 aliphatic carbocycles. The molecule has 2 fully saturated rings. The molecule has 3 heterocycles. The number of nitrogens with one attached hydrogen (secondary N) is 2. The summed E-state index contributed by atoms with van der Waals surface area (Å²) in [6, 6.07) is 14.1. The number of aliphatic carboxylic acids is 1. The Balaban J connectivity index is 1.60. The van der Waals surface area contributed by atoms with Crippen molar-refractivity contribution in [3.05, 3.63) is 65.2 Å². The fourth-order valence-electron chi connectivity index (χ4n) is 5.48. The van der Waals surface area contributed by atoms with Gasteiger partial charge in [0.05, 0.1) is 18.4 Å². The molecule has 0 radical (unpaired) electrons. The average Bonchev–Trinajstić information content (AvgIpc) is 3.35. The molecule has 8 heteroatoms. The molecule has 2 aromatic carbocycles. The zero-order valence-corrected chi connectivity index (χ0v) is 17.5. The quantitative estimate of drug-likeness (QED) is 0.619. The van der Waals surface area contributed by atoms with Gasteiger partial charge in [0.2, 0.25) is 17.7 Å². The molecule has 0 unspecified atom stereocenters. The SMILES string of the molecule is Cc1cccc2c1NC(=O)[C@]21N[C@@H](CCC(=O)O)[C@H]2C(=O)N(Cc3ccccc3)C(=O)[C@@H]21. The van der Waals surface area contributed by atoms with E-state index in [9.17, 15) is 24.3 Å². The van der Waals surface area contributed by atoms with E-state index in [-0.39, 0.29) is 31.2 Å². The fourth-order valence-corrected chi connectivity index (χ4v) is 5.48. The predicted molar refractivity (Wildman–Crippen MR) is 114 cm³/mol. The number of imide groups is 1. The second kappa shape index (κ2) is 7.27. The summed E-state index contributed by atoms with van der Waals surface area (Å²) in [4.78, 5) is 53.0. The van der Waals surface area contributed by atoms with Crippen LogP contribution in [0.2, 0.25) is 0 Å². The van der Waals surface area contributed by atoms with Crippen LogP contribution in [-0.2, 0) is 31.3 Å². The number of rotatable bonds is 5. The maximum absolute atomic E-state index is 13.7. The molecule has 4 atom stereocenters. The van der Waals surface area contributed by atoms with Gasteiger partial charge in [0.15, 0.2) is 0 Å². The topological polar surface area (TPSA) is 116 Å². The maximum Gasteiger partial charge on any atom is 0.303 e. The molecular formula is C24H23N3O5. The van der Waals surface area contributed by atoms with E-state index < -0.39 is 35.3 Å². The minimum atomic E-state index is -1.40. The molecule has 0 aromatic heterocycles. The summed E-state index contributed by atoms with van der Waals surface area (Å²) in [6.07, 6.45) is -0.0235. The predicted octanol–water partition coefficient (Wildman–Crippen LogP) is 1.78. The third-order valence-electron chi connectivity index (χ3n) is 6.90. The Morgan fingerprint density at radius 1 is 1.06 bits per heavy atom. The Hall–Kier alpha value is -3.52. The van der Waals surface area contributed by atoms with Crippen LogP contribution in [0, 0.1) is 18.8 Å². The lowest BCUT2D eigenvalue weighted by Crippen LogP contribution is -2.53. The number of hydrogen-bond acceptors (Lipinski definition) is 5. The van der Waals surface area contributed by atoms with Crippen LogP contribution >= 0.6 is 0 Å². The lowest BCUT2D eigenvalue weighted by molar-refractivity contribution is -0.144. The van der Waals surface area contributed by atoms with Crippen LogP contribution in [0.1, 0.15) is 29.5 Å². The number of amides is 3. The number of carboxylic acid groups (broad SMARTS) is 1. The van der Waals surface area contributed by atoms with E-state index in [0.29, 0.717) is 11.3 Å². The van der Waals surface area contributed by atoms with Crippen LogP contribution in [0.15, 0.2) is 48.5 Å². The first-order valence-corrected chi connectivity index (χ1v) is 10.6. The number of nitrogens with zero attached hydrogens (tertiary/aromatic N) is 1. The van der Waals surface area contributed by atoms with E-state index in [1.807, 2.05) is 49.4 Å². The highest BCUT2D eigenvalue weighted by Gasteiger charge is 2.70. The van der Waals surface area contributed by atoms with Crippen LogP contribution < -0.4 is 10.6 Å². The van der Waals surface area contributed by atoms with E-state index in [1.165, 1.54) is 4.90 Å². The summed E-state index contributed by atoms with van der Waals surface area (Å²) in [6.45, 7) is 1.99. The van der Waals surface area contributed by atoms with Crippen LogP contribution in [0.4, 0.5) is 5.69 Å². The molecule has 1 spiro atoms. The first kappa shape index (κ1) is 20.4. The molecule has 2 saturated heterocycles. The van der Waals surface area contributed by atoms with Gasteiger partial charge in [-0.25, -0.2) is 0 Å². The number of aryl methyl sites for hydroxylation is 1. The normalized spacial score (nSPS) is 28.2. The number of anilines is 1. The summed E-state index contributed by atoms with van der Waals surface area (Å²) in [5.74, 6) is -3.87. The first-order valence-electron chi connectivity index (χ1n) is 10.6. The molecule has 3 amide bonds. The molecule has 0 saturated carbocycles. The van der Waals surface area contributed by atoms with Crippen molar-refractivity contribution in [1.82, 2.24) is 10.2 Å². The van der Waals surface area contributed by atoms with E-state index in [2.05, 4.69) is 10.6 Å². The molecule has 3 aliphatic rings. The zero-order valence-electron chi connectivity index (χ0n) is 17.5. The van der Waals surface area contributed by atoms with Crippen molar-refractivity contribution < 1.29 is 24.3 Å². The number of carboxylic acids is 1. The van der Waals surface area contributed by atoms with Gasteiger partial charge < -0.3 is 10.4 Å². The number of carbonyl (C=O) groups excluding carboxylic acids is 3. The fraction of sp³-hybridized carbons (Fsp3) is 0.333. The minimum Gasteiger partial charge on any atom is -0.481 e. The summed E-state index contributed by atoms with van der Waals surface area (Å²) < 4.78 is 0. The Kier molecular flexibility index (Phi) is 4.63. The van der Waals surface area contributed by atoms with Crippen LogP contribution in [0.25, 0.3) is 0 Å². The van der Waals surface area contributed by atoms with Crippen molar-refractivity contribution in [3.8, 4) is 0 Å². The Labute approximate surface area is 184 Å². The standard InChI is InChI=1S/C24H23N3O5/c1-13-6-5-9-15-20(13)25-23(32)24(15)19-18(16(26-24)10-11-17(28)29)21(30)27(22(19)31)12-14-7-3-2-4-8-14/h2-9,16,18-19,26H,10-12H2,1H3,(H,25,32)(H,28,29)/t16-,18+,19+,24-/m0/s1. The van der Waals surface area contributed by atoms with Gasteiger partial charge in [0.25, 0.3) is 0 Å². The van der Waals surface area contributed by atoms with Gasteiger partial charge in [0, 0.05) is 23.7 Å². The Morgan fingerprint density at radius 3 is 2.53 bits per heavy atom. The van der Waals surface area contributed by atoms with E-state index in [4.69, 9.17) is 0 Å². The van der Waals surface area contributed by atoms with Gasteiger partial charge in [0.1, 0.15) is 5.54 Å². The first-order chi connectivity index (χ1) is 15.3. The molecule has 0 bridgehead atoms. The lowest BCUT2D eigenvalue weighted by Gasteiger charge is -2.29. The van der Waals surface area contributed by atoms with Crippen molar-refractivity contribution in [2.75, 3.05) is 5.32 Å². The van der Waals surface area contributed by atoms with Crippen molar-refractivity contribution in [3.63, 3.8) is 0 Å². The van der Waals surface area contributed by atoms with E-state index in [0.717, 1.165) is 11.1 Å². The van der Waals surface area contributed by atoms with Crippen LogP contribution in [-0.4, -0.2) is 39.7 Å². The van der Waals surface area contributed by atoms with Gasteiger partial charge in [-0.05, 0) is 24.5 Å². The van der Waals surface area contributed by atoms with Gasteiger partial charge in [-0.2, -0.15) is 0 Å². The van der Waals surface area contributed by atoms with Crippen molar-refractivity contribution in [2.24, 2.45) is 11.8 Å². The molecule has 8 nitrogen and oxygen atoms in total. The molecule has 32 heavy (non-hydrogen) atoms. The smallest absolute Gasteiger partial charge is 0.303 e. The summed E-state index contributed by atoms with van der Waals surface area (Å²) in [5, 5.41) is 15.4. The number of benzene rings is 2. The monoisotopic (exact) mass is 433 g/mol. The van der Waals surface area contributed by atoms with E-state index in [1.54, 1.807) is 6.07 Å². The number of fused-ring (bicyclic) bond motifs is 4. The average molecular weight is 433 g/mol. The minimum absolute atomic E-state index is 0.121. The molecule has 164 valence electrons. The van der Waals surface area contributed by atoms with Crippen molar-refractivity contribution in [1.29, 1.82) is 0 Å². The van der Waals surface area contributed by atoms with Crippen molar-refractivity contribution >= 4 is 29.4 Å². The number of likely N-dealkylation sites (tertiary alicyclic amines) is 1. The van der Waals surface area contributed by atoms with Crippen LogP contribution in [0.5, 0.6) is 0 Å². The van der Waals surface area contributed by atoms with Crippen molar-refractivity contribution in [2.45, 2.75) is 37.9 Å². The zero-order chi connectivity index (χ0) is 22.6. The molecule has 5 rings (SSSR count). The highest BCUT2D eigenvalue weighted by molar-refractivity contribution is 6.15. The highest BCUT2D eigenvalue weighted by Crippen LogP contribution is 2.54. The number of para-hydroxylation sites is 1. The van der Waals surface area contributed by atoms with Gasteiger partial charge in [-0.3, -0.25) is 29.4 Å². The number of hydrogen-bond donors (Lipinski definition) is 3. The second-order valence-electron chi connectivity index (χ2n) is 8.69. The largest absolute Gasteiger partial charge is 0.481 e.